The van der Waals surface area contributed by atoms with Crippen LogP contribution in [0.5, 0.6) is 0 Å². The Hall–Kier alpha value is -2.58. The number of amidine groups is 1. The number of aliphatic imine (C=N–C) groups is 1. The molecule has 0 spiro atoms. The first-order valence-electron chi connectivity index (χ1n) is 9.59. The van der Waals surface area contributed by atoms with Crippen molar-refractivity contribution in [3.63, 3.8) is 0 Å². The van der Waals surface area contributed by atoms with E-state index in [2.05, 4.69) is 26.9 Å². The Morgan fingerprint density at radius 1 is 0.967 bits per heavy atom. The number of rotatable bonds is 3. The van der Waals surface area contributed by atoms with E-state index in [0.717, 1.165) is 44.9 Å². The van der Waals surface area contributed by atoms with Crippen LogP contribution in [0.1, 0.15) is 16.7 Å². The number of halogens is 3. The molecule has 2 aromatic rings. The van der Waals surface area contributed by atoms with Gasteiger partial charge in [0.25, 0.3) is 5.91 Å². The van der Waals surface area contributed by atoms with Crippen molar-refractivity contribution >= 4 is 28.9 Å². The number of piperazine rings is 1. The quantitative estimate of drug-likeness (QED) is 0.671. The van der Waals surface area contributed by atoms with E-state index in [1.807, 2.05) is 18.2 Å². The summed E-state index contributed by atoms with van der Waals surface area (Å²) in [5, 5.41) is 0.664. The van der Waals surface area contributed by atoms with Crippen molar-refractivity contribution in [1.82, 2.24) is 9.80 Å². The molecule has 0 N–H and O–H groups in total. The standard InChI is InChI=1S/C22H20F3N3OS/c23-22(24,25)18-8-6-16(7-9-18)14-19-20(29)26-21(30-19)28-12-10-27(11-13-28)15-17-4-2-1-3-5-17/h1-9,14H,10-13,15H2/b19-14+. The van der Waals surface area contributed by atoms with E-state index in [-0.39, 0.29) is 5.91 Å². The fourth-order valence-corrected chi connectivity index (χ4v) is 4.36. The summed E-state index contributed by atoms with van der Waals surface area (Å²) < 4.78 is 38.1. The van der Waals surface area contributed by atoms with Crippen molar-refractivity contribution in [2.24, 2.45) is 4.99 Å². The molecule has 0 aliphatic carbocycles. The number of carbonyl (C=O) groups excluding carboxylic acids is 1. The number of carbonyl (C=O) groups is 1. The van der Waals surface area contributed by atoms with Crippen LogP contribution in [0.3, 0.4) is 0 Å². The van der Waals surface area contributed by atoms with Gasteiger partial charge in [-0.05, 0) is 41.1 Å². The Kier molecular flexibility index (Phi) is 5.97. The first-order valence-corrected chi connectivity index (χ1v) is 10.4. The molecule has 1 amide bonds. The number of hydrogen-bond acceptors (Lipinski definition) is 4. The summed E-state index contributed by atoms with van der Waals surface area (Å²) in [5.74, 6) is -0.346. The van der Waals surface area contributed by atoms with Crippen LogP contribution in [0, 0.1) is 0 Å². The molecule has 0 bridgehead atoms. The van der Waals surface area contributed by atoms with Crippen molar-refractivity contribution in [2.45, 2.75) is 12.7 Å². The smallest absolute Gasteiger partial charge is 0.348 e. The van der Waals surface area contributed by atoms with E-state index < -0.39 is 11.7 Å². The third kappa shape index (κ3) is 4.94. The molecule has 0 aromatic heterocycles. The lowest BCUT2D eigenvalue weighted by Crippen LogP contribution is -2.47. The van der Waals surface area contributed by atoms with E-state index in [9.17, 15) is 18.0 Å². The average molecular weight is 431 g/mol. The molecule has 2 aromatic carbocycles. The molecule has 1 saturated heterocycles. The summed E-state index contributed by atoms with van der Waals surface area (Å²) >= 11 is 1.28. The Balaban J connectivity index is 1.34. The molecule has 0 radical (unpaired) electrons. The zero-order chi connectivity index (χ0) is 21.1. The largest absolute Gasteiger partial charge is 0.416 e. The lowest BCUT2D eigenvalue weighted by atomic mass is 10.1. The Morgan fingerprint density at radius 3 is 2.27 bits per heavy atom. The van der Waals surface area contributed by atoms with Crippen LogP contribution in [0.15, 0.2) is 64.5 Å². The van der Waals surface area contributed by atoms with Crippen LogP contribution in [0.25, 0.3) is 6.08 Å². The molecule has 2 aliphatic rings. The van der Waals surface area contributed by atoms with Gasteiger partial charge in [0.05, 0.1) is 10.5 Å². The van der Waals surface area contributed by atoms with Gasteiger partial charge < -0.3 is 4.90 Å². The molecule has 2 aliphatic heterocycles. The second-order valence-corrected chi connectivity index (χ2v) is 8.19. The van der Waals surface area contributed by atoms with Gasteiger partial charge in [-0.3, -0.25) is 9.69 Å². The molecular weight excluding hydrogens is 411 g/mol. The van der Waals surface area contributed by atoms with Crippen LogP contribution in [0.4, 0.5) is 13.2 Å². The summed E-state index contributed by atoms with van der Waals surface area (Å²) in [6.45, 7) is 4.20. The minimum absolute atomic E-state index is 0.346. The van der Waals surface area contributed by atoms with Crippen LogP contribution in [-0.4, -0.2) is 47.1 Å². The number of amides is 1. The number of nitrogens with zero attached hydrogens (tertiary/aromatic N) is 3. The number of thioether (sulfide) groups is 1. The topological polar surface area (TPSA) is 35.9 Å². The highest BCUT2D eigenvalue weighted by molar-refractivity contribution is 8.18. The number of benzene rings is 2. The summed E-state index contributed by atoms with van der Waals surface area (Å²) in [5.41, 5.74) is 1.11. The first-order chi connectivity index (χ1) is 14.4. The number of hydrogen-bond donors (Lipinski definition) is 0. The van der Waals surface area contributed by atoms with Gasteiger partial charge in [0, 0.05) is 32.7 Å². The summed E-state index contributed by atoms with van der Waals surface area (Å²) in [4.78, 5) is 21.3. The van der Waals surface area contributed by atoms with Gasteiger partial charge in [0.2, 0.25) is 0 Å². The molecule has 30 heavy (non-hydrogen) atoms. The lowest BCUT2D eigenvalue weighted by Gasteiger charge is -2.35. The summed E-state index contributed by atoms with van der Waals surface area (Å²) in [6.07, 6.45) is -2.78. The maximum atomic E-state index is 12.7. The van der Waals surface area contributed by atoms with Gasteiger partial charge in [-0.1, -0.05) is 42.5 Å². The van der Waals surface area contributed by atoms with Crippen LogP contribution < -0.4 is 0 Å². The molecule has 4 nitrogen and oxygen atoms in total. The second-order valence-electron chi connectivity index (χ2n) is 7.18. The summed E-state index contributed by atoms with van der Waals surface area (Å²) in [7, 11) is 0. The van der Waals surface area contributed by atoms with Crippen LogP contribution >= 0.6 is 11.8 Å². The molecule has 4 rings (SSSR count). The van der Waals surface area contributed by atoms with Gasteiger partial charge >= 0.3 is 6.18 Å². The van der Waals surface area contributed by atoms with Gasteiger partial charge in [-0.15, -0.1) is 0 Å². The van der Waals surface area contributed by atoms with Crippen molar-refractivity contribution in [1.29, 1.82) is 0 Å². The highest BCUT2D eigenvalue weighted by atomic mass is 32.2. The minimum atomic E-state index is -4.37. The fourth-order valence-electron chi connectivity index (χ4n) is 3.39. The molecule has 0 unspecified atom stereocenters. The Labute approximate surface area is 177 Å². The van der Waals surface area contributed by atoms with Crippen LogP contribution in [-0.2, 0) is 17.5 Å². The zero-order valence-electron chi connectivity index (χ0n) is 16.1. The van der Waals surface area contributed by atoms with Crippen molar-refractivity contribution in [3.8, 4) is 0 Å². The van der Waals surface area contributed by atoms with Gasteiger partial charge in [-0.25, -0.2) is 0 Å². The third-order valence-corrected chi connectivity index (χ3v) is 6.08. The van der Waals surface area contributed by atoms with E-state index in [0.29, 0.717) is 15.6 Å². The highest BCUT2D eigenvalue weighted by Crippen LogP contribution is 2.32. The highest BCUT2D eigenvalue weighted by Gasteiger charge is 2.30. The number of alkyl halides is 3. The van der Waals surface area contributed by atoms with E-state index in [1.165, 1.54) is 29.5 Å². The molecular formula is C22H20F3N3OS. The maximum Gasteiger partial charge on any atom is 0.416 e. The molecule has 156 valence electrons. The predicted molar refractivity (Wildman–Crippen MR) is 113 cm³/mol. The molecule has 2 heterocycles. The Morgan fingerprint density at radius 2 is 1.63 bits per heavy atom. The van der Waals surface area contributed by atoms with Gasteiger partial charge in [0.1, 0.15) is 0 Å². The van der Waals surface area contributed by atoms with Crippen molar-refractivity contribution in [2.75, 3.05) is 26.2 Å². The zero-order valence-corrected chi connectivity index (χ0v) is 16.9. The molecule has 8 heteroatoms. The normalized spacial score (nSPS) is 19.4. The third-order valence-electron chi connectivity index (χ3n) is 5.04. The van der Waals surface area contributed by atoms with Crippen molar-refractivity contribution < 1.29 is 18.0 Å². The predicted octanol–water partition coefficient (Wildman–Crippen LogP) is 4.49. The lowest BCUT2D eigenvalue weighted by molar-refractivity contribution is -0.137. The van der Waals surface area contributed by atoms with Crippen LogP contribution in [0.2, 0.25) is 0 Å². The monoisotopic (exact) mass is 431 g/mol. The minimum Gasteiger partial charge on any atom is -0.348 e. The molecule has 1 fully saturated rings. The maximum absolute atomic E-state index is 12.7. The van der Waals surface area contributed by atoms with E-state index in [1.54, 1.807) is 6.08 Å². The Bertz CT molecular complexity index is 963. The van der Waals surface area contributed by atoms with Crippen molar-refractivity contribution in [3.05, 3.63) is 76.2 Å². The van der Waals surface area contributed by atoms with Gasteiger partial charge in [-0.2, -0.15) is 18.2 Å². The fraction of sp³-hybridized carbons (Fsp3) is 0.273. The van der Waals surface area contributed by atoms with E-state index in [4.69, 9.17) is 0 Å². The first kappa shape index (κ1) is 20.7. The van der Waals surface area contributed by atoms with E-state index >= 15 is 0 Å². The van der Waals surface area contributed by atoms with Gasteiger partial charge in [0.15, 0.2) is 5.17 Å². The average Bonchev–Trinajstić information content (AvgIpc) is 3.09. The second kappa shape index (κ2) is 8.65. The molecule has 0 saturated carbocycles. The SMILES string of the molecule is O=C1N=C(N2CCN(Cc3ccccc3)CC2)S/C1=C/c1ccc(C(F)(F)F)cc1. The molecule has 0 atom stereocenters. The summed E-state index contributed by atoms with van der Waals surface area (Å²) in [6, 6.07) is 15.1.